The first-order chi connectivity index (χ1) is 14.1. The number of aliphatic hydroxyl groups excluding tert-OH is 3. The molecular formula is C21H35NO8. The van der Waals surface area contributed by atoms with Crippen molar-refractivity contribution in [3.63, 3.8) is 0 Å². The highest BCUT2D eigenvalue weighted by atomic mass is 16.7. The smallest absolute Gasteiger partial charge is 0.303 e. The second-order valence-corrected chi connectivity index (χ2v) is 7.94. The summed E-state index contributed by atoms with van der Waals surface area (Å²) in [5.41, 5.74) is 0.0557. The van der Waals surface area contributed by atoms with Crippen molar-refractivity contribution in [3.8, 4) is 0 Å². The van der Waals surface area contributed by atoms with Crippen LogP contribution in [0, 0.1) is 5.92 Å². The monoisotopic (exact) mass is 429 g/mol. The summed E-state index contributed by atoms with van der Waals surface area (Å²) in [4.78, 5) is 10.4. The lowest BCUT2D eigenvalue weighted by Crippen LogP contribution is -2.38. The molecular weight excluding hydrogens is 394 g/mol. The van der Waals surface area contributed by atoms with E-state index in [1.165, 1.54) is 0 Å². The molecule has 0 saturated carbocycles. The molecule has 172 valence electrons. The molecule has 1 aliphatic heterocycles. The summed E-state index contributed by atoms with van der Waals surface area (Å²) in [7, 11) is 0. The Balaban J connectivity index is 2.53. The third kappa shape index (κ3) is 12.1. The standard InChI is InChI=1S/C21H35NO8/c1-21(2,3)30-20(27)15(16-9-5-4-7-11-22-16)13-18(25)29-14-19(26)28-12-8-6-10-17(23)24/h4-5,7,9,11,15,18-20,22,25-27H,6,8,10,12-14H2,1-3H3,(H,23,24). The van der Waals surface area contributed by atoms with E-state index in [9.17, 15) is 20.1 Å². The fourth-order valence-electron chi connectivity index (χ4n) is 2.67. The van der Waals surface area contributed by atoms with Crippen molar-refractivity contribution < 1.29 is 39.4 Å². The molecule has 0 amide bonds. The maximum Gasteiger partial charge on any atom is 0.303 e. The largest absolute Gasteiger partial charge is 0.481 e. The van der Waals surface area contributed by atoms with Crippen molar-refractivity contribution >= 4 is 5.97 Å². The topological polar surface area (TPSA) is 138 Å². The second kappa shape index (κ2) is 13.5. The fraction of sp³-hybridized carbons (Fsp3) is 0.667. The van der Waals surface area contributed by atoms with E-state index in [2.05, 4.69) is 5.32 Å². The van der Waals surface area contributed by atoms with E-state index < -0.39 is 36.4 Å². The van der Waals surface area contributed by atoms with Gasteiger partial charge < -0.3 is 40.0 Å². The summed E-state index contributed by atoms with van der Waals surface area (Å²) in [6.07, 6.45) is 6.19. The number of hydrogen-bond acceptors (Lipinski definition) is 8. The fourth-order valence-corrected chi connectivity index (χ4v) is 2.67. The molecule has 0 aromatic heterocycles. The summed E-state index contributed by atoms with van der Waals surface area (Å²) in [6.45, 7) is 5.37. The van der Waals surface area contributed by atoms with Crippen molar-refractivity contribution in [2.75, 3.05) is 13.2 Å². The van der Waals surface area contributed by atoms with Crippen LogP contribution in [-0.2, 0) is 19.0 Å². The molecule has 0 aromatic carbocycles. The Morgan fingerprint density at radius 2 is 1.80 bits per heavy atom. The quantitative estimate of drug-likeness (QED) is 0.206. The van der Waals surface area contributed by atoms with Crippen LogP contribution in [0.25, 0.3) is 0 Å². The number of rotatable bonds is 14. The van der Waals surface area contributed by atoms with E-state index in [0.29, 0.717) is 18.5 Å². The van der Waals surface area contributed by atoms with Crippen molar-refractivity contribution in [1.82, 2.24) is 5.32 Å². The molecule has 1 rings (SSSR count). The third-order valence-corrected chi connectivity index (χ3v) is 4.04. The van der Waals surface area contributed by atoms with E-state index >= 15 is 0 Å². The number of nitrogens with one attached hydrogen (secondary N) is 1. The summed E-state index contributed by atoms with van der Waals surface area (Å²) in [5, 5.41) is 42.3. The van der Waals surface area contributed by atoms with Crippen LogP contribution in [0.15, 0.2) is 36.2 Å². The molecule has 0 aromatic rings. The van der Waals surface area contributed by atoms with Gasteiger partial charge in [-0.2, -0.15) is 0 Å². The Morgan fingerprint density at radius 1 is 1.07 bits per heavy atom. The number of aliphatic hydroxyl groups is 3. The van der Waals surface area contributed by atoms with Gasteiger partial charge in [-0.3, -0.25) is 4.79 Å². The van der Waals surface area contributed by atoms with Crippen LogP contribution in [0.5, 0.6) is 0 Å². The van der Waals surface area contributed by atoms with Gasteiger partial charge in [-0.15, -0.1) is 0 Å². The highest BCUT2D eigenvalue weighted by molar-refractivity contribution is 5.66. The molecule has 0 spiro atoms. The first-order valence-electron chi connectivity index (χ1n) is 10.1. The molecule has 0 aliphatic carbocycles. The number of carboxylic acids is 1. The number of carboxylic acid groups (broad SMARTS) is 1. The summed E-state index contributed by atoms with van der Waals surface area (Å²) in [5.74, 6) is -1.49. The molecule has 5 N–H and O–H groups in total. The number of aliphatic carboxylic acids is 1. The zero-order chi connectivity index (χ0) is 22.6. The van der Waals surface area contributed by atoms with Crippen LogP contribution < -0.4 is 5.32 Å². The van der Waals surface area contributed by atoms with Crippen molar-refractivity contribution in [1.29, 1.82) is 0 Å². The minimum absolute atomic E-state index is 0.0170. The van der Waals surface area contributed by atoms with Gasteiger partial charge in [-0.25, -0.2) is 0 Å². The van der Waals surface area contributed by atoms with Crippen LogP contribution in [0.4, 0.5) is 0 Å². The average molecular weight is 430 g/mol. The number of hydrogen-bond donors (Lipinski definition) is 5. The van der Waals surface area contributed by atoms with Crippen LogP contribution in [0.2, 0.25) is 0 Å². The zero-order valence-corrected chi connectivity index (χ0v) is 17.9. The minimum Gasteiger partial charge on any atom is -0.481 e. The highest BCUT2D eigenvalue weighted by Crippen LogP contribution is 2.25. The van der Waals surface area contributed by atoms with Gasteiger partial charge in [0.05, 0.1) is 11.5 Å². The predicted octanol–water partition coefficient (Wildman–Crippen LogP) is 1.61. The van der Waals surface area contributed by atoms with Gasteiger partial charge in [0.1, 0.15) is 6.61 Å². The lowest BCUT2D eigenvalue weighted by atomic mass is 9.98. The molecule has 0 saturated heterocycles. The van der Waals surface area contributed by atoms with Gasteiger partial charge in [0.15, 0.2) is 18.9 Å². The second-order valence-electron chi connectivity index (χ2n) is 7.94. The highest BCUT2D eigenvalue weighted by Gasteiger charge is 2.30. The van der Waals surface area contributed by atoms with Gasteiger partial charge in [-0.05, 0) is 45.8 Å². The van der Waals surface area contributed by atoms with Crippen molar-refractivity contribution in [3.05, 3.63) is 36.2 Å². The molecule has 4 unspecified atom stereocenters. The molecule has 1 aliphatic rings. The summed E-state index contributed by atoms with van der Waals surface area (Å²) in [6, 6.07) is 0. The van der Waals surface area contributed by atoms with Crippen LogP contribution >= 0.6 is 0 Å². The van der Waals surface area contributed by atoms with Crippen molar-refractivity contribution in [2.45, 2.75) is 70.9 Å². The SMILES string of the molecule is CC(C)(C)OC(O)C(CC(O)OCC(O)OCCCCC(=O)O)C1=CC=CC=CN1. The maximum absolute atomic E-state index is 10.6. The van der Waals surface area contributed by atoms with E-state index in [1.807, 2.05) is 26.8 Å². The molecule has 9 nitrogen and oxygen atoms in total. The van der Waals surface area contributed by atoms with Gasteiger partial charge >= 0.3 is 5.97 Å². The van der Waals surface area contributed by atoms with E-state index in [-0.39, 0.29) is 26.1 Å². The normalized spacial score (nSPS) is 18.1. The third-order valence-electron chi connectivity index (χ3n) is 4.04. The minimum atomic E-state index is -1.28. The molecule has 1 heterocycles. The zero-order valence-electron chi connectivity index (χ0n) is 17.9. The average Bonchev–Trinajstić information content (AvgIpc) is 2.91. The Kier molecular flexibility index (Phi) is 11.9. The van der Waals surface area contributed by atoms with E-state index in [0.717, 1.165) is 0 Å². The first kappa shape index (κ1) is 26.3. The van der Waals surface area contributed by atoms with Crippen LogP contribution in [0.3, 0.4) is 0 Å². The molecule has 0 fully saturated rings. The van der Waals surface area contributed by atoms with Crippen LogP contribution in [0.1, 0.15) is 46.5 Å². The lowest BCUT2D eigenvalue weighted by molar-refractivity contribution is -0.215. The molecule has 9 heteroatoms. The Labute approximate surface area is 177 Å². The summed E-state index contributed by atoms with van der Waals surface area (Å²) >= 11 is 0. The Hall–Kier alpha value is -1.75. The van der Waals surface area contributed by atoms with E-state index in [1.54, 1.807) is 24.4 Å². The van der Waals surface area contributed by atoms with Crippen LogP contribution in [-0.4, -0.2) is 64.1 Å². The number of ether oxygens (including phenoxy) is 3. The van der Waals surface area contributed by atoms with Gasteiger partial charge in [0, 0.05) is 31.3 Å². The Bertz CT molecular complexity index is 596. The molecule has 4 atom stereocenters. The van der Waals surface area contributed by atoms with Crippen molar-refractivity contribution in [2.24, 2.45) is 5.92 Å². The van der Waals surface area contributed by atoms with Gasteiger partial charge in [-0.1, -0.05) is 12.2 Å². The predicted molar refractivity (Wildman–Crippen MR) is 110 cm³/mol. The molecule has 0 radical (unpaired) electrons. The maximum atomic E-state index is 10.6. The molecule has 30 heavy (non-hydrogen) atoms. The van der Waals surface area contributed by atoms with Gasteiger partial charge in [0.2, 0.25) is 0 Å². The Morgan fingerprint density at radius 3 is 2.47 bits per heavy atom. The van der Waals surface area contributed by atoms with E-state index in [4.69, 9.17) is 19.3 Å². The number of allylic oxidation sites excluding steroid dienone is 4. The number of unbranched alkanes of at least 4 members (excludes halogenated alkanes) is 1. The number of carbonyl (C=O) groups is 1. The summed E-state index contributed by atoms with van der Waals surface area (Å²) < 4.78 is 16.1. The first-order valence-corrected chi connectivity index (χ1v) is 10.1. The molecule has 0 bridgehead atoms. The lowest BCUT2D eigenvalue weighted by Gasteiger charge is -2.32. The van der Waals surface area contributed by atoms with Gasteiger partial charge in [0.25, 0.3) is 0 Å².